The molecule has 1 saturated heterocycles. The fraction of sp³-hybridized carbons (Fsp3) is 0.385. The van der Waals surface area contributed by atoms with Crippen molar-refractivity contribution < 1.29 is 9.59 Å². The summed E-state index contributed by atoms with van der Waals surface area (Å²) in [4.78, 5) is 24.6. The minimum atomic E-state index is -0.552. The third kappa shape index (κ3) is 2.84. The molecule has 1 atom stereocenters. The van der Waals surface area contributed by atoms with Gasteiger partial charge >= 0.3 is 6.03 Å². The quantitative estimate of drug-likeness (QED) is 0.807. The van der Waals surface area contributed by atoms with E-state index in [2.05, 4.69) is 5.32 Å². The highest BCUT2D eigenvalue weighted by Gasteiger charge is 2.21. The Hall–Kier alpha value is -1.84. The predicted molar refractivity (Wildman–Crippen MR) is 64.6 cm³/mol. The van der Waals surface area contributed by atoms with Crippen molar-refractivity contribution in [2.24, 2.45) is 0 Å². The molecule has 0 saturated carbocycles. The second-order valence-electron chi connectivity index (χ2n) is 4.17. The fourth-order valence-corrected chi connectivity index (χ4v) is 2.00. The zero-order chi connectivity index (χ0) is 12.1. The maximum Gasteiger partial charge on any atom is 0.318 e. The lowest BCUT2D eigenvalue weighted by Gasteiger charge is -2.19. The van der Waals surface area contributed by atoms with Gasteiger partial charge in [-0.1, -0.05) is 30.3 Å². The molecule has 0 aromatic heterocycles. The predicted octanol–water partition coefficient (Wildman–Crippen LogP) is 1.73. The number of hydrogen-bond donors (Lipinski definition) is 1. The number of likely N-dealkylation sites (tertiary alicyclic amines) is 1. The third-order valence-electron chi connectivity index (χ3n) is 2.97. The molecule has 90 valence electrons. The van der Waals surface area contributed by atoms with Crippen LogP contribution < -0.4 is 5.32 Å². The van der Waals surface area contributed by atoms with Gasteiger partial charge in [0.1, 0.15) is 12.3 Å². The first-order chi connectivity index (χ1) is 8.31. The first-order valence-electron chi connectivity index (χ1n) is 5.87. The van der Waals surface area contributed by atoms with Gasteiger partial charge in [0.15, 0.2) is 0 Å². The van der Waals surface area contributed by atoms with Gasteiger partial charge in [0, 0.05) is 13.1 Å². The molecule has 1 N–H and O–H groups in total. The van der Waals surface area contributed by atoms with Crippen molar-refractivity contribution in [1.82, 2.24) is 10.2 Å². The van der Waals surface area contributed by atoms with Gasteiger partial charge in [-0.25, -0.2) is 4.79 Å². The first-order valence-corrected chi connectivity index (χ1v) is 5.87. The Morgan fingerprint density at radius 2 is 1.88 bits per heavy atom. The van der Waals surface area contributed by atoms with Crippen LogP contribution in [0.1, 0.15) is 24.4 Å². The summed E-state index contributed by atoms with van der Waals surface area (Å²) < 4.78 is 0. The van der Waals surface area contributed by atoms with Crippen LogP contribution in [-0.2, 0) is 4.79 Å². The maximum atomic E-state index is 11.8. The second-order valence-corrected chi connectivity index (χ2v) is 4.17. The lowest BCUT2D eigenvalue weighted by molar-refractivity contribution is -0.109. The molecule has 1 aliphatic heterocycles. The van der Waals surface area contributed by atoms with E-state index in [-0.39, 0.29) is 6.03 Å². The molecule has 0 spiro atoms. The largest absolute Gasteiger partial charge is 0.325 e. The lowest BCUT2D eigenvalue weighted by Crippen LogP contribution is -2.40. The molecule has 1 fully saturated rings. The Balaban J connectivity index is 2.00. The molecule has 4 heteroatoms. The van der Waals surface area contributed by atoms with E-state index in [1.54, 1.807) is 4.90 Å². The van der Waals surface area contributed by atoms with Crippen LogP contribution in [-0.4, -0.2) is 30.3 Å². The molecule has 1 aromatic rings. The Morgan fingerprint density at radius 3 is 2.47 bits per heavy atom. The van der Waals surface area contributed by atoms with Crippen molar-refractivity contribution in [3.63, 3.8) is 0 Å². The molecule has 0 bridgehead atoms. The number of nitrogens with zero attached hydrogens (tertiary/aromatic N) is 1. The summed E-state index contributed by atoms with van der Waals surface area (Å²) in [5, 5.41) is 2.74. The van der Waals surface area contributed by atoms with E-state index in [9.17, 15) is 9.59 Å². The van der Waals surface area contributed by atoms with Gasteiger partial charge in [-0.05, 0) is 18.4 Å². The summed E-state index contributed by atoms with van der Waals surface area (Å²) in [6, 6.07) is 8.56. The summed E-state index contributed by atoms with van der Waals surface area (Å²) in [7, 11) is 0. The van der Waals surface area contributed by atoms with Crippen molar-refractivity contribution in [2.75, 3.05) is 13.1 Å². The molecule has 1 heterocycles. The minimum absolute atomic E-state index is 0.150. The number of hydrogen-bond acceptors (Lipinski definition) is 2. The summed E-state index contributed by atoms with van der Waals surface area (Å²) in [5.41, 5.74) is 0.815. The Kier molecular flexibility index (Phi) is 3.75. The number of aldehydes is 1. The standard InChI is InChI=1S/C13H16N2O2/c16-10-12(11-6-2-1-3-7-11)14-13(17)15-8-4-5-9-15/h1-3,6-7,10,12H,4-5,8-9H2,(H,14,17)/t12-/m0/s1. The van der Waals surface area contributed by atoms with Gasteiger partial charge in [-0.15, -0.1) is 0 Å². The van der Waals surface area contributed by atoms with E-state index >= 15 is 0 Å². The van der Waals surface area contributed by atoms with Gasteiger partial charge in [-0.2, -0.15) is 0 Å². The smallest absolute Gasteiger partial charge is 0.318 e. The number of nitrogens with one attached hydrogen (secondary N) is 1. The lowest BCUT2D eigenvalue weighted by atomic mass is 10.1. The number of amides is 2. The van der Waals surface area contributed by atoms with Crippen LogP contribution in [0.15, 0.2) is 30.3 Å². The molecule has 4 nitrogen and oxygen atoms in total. The maximum absolute atomic E-state index is 11.8. The summed E-state index contributed by atoms with van der Waals surface area (Å²) in [6.07, 6.45) is 2.86. The Morgan fingerprint density at radius 1 is 1.24 bits per heavy atom. The van der Waals surface area contributed by atoms with Crippen LogP contribution in [0, 0.1) is 0 Å². The highest BCUT2D eigenvalue weighted by atomic mass is 16.2. The summed E-state index contributed by atoms with van der Waals surface area (Å²) in [5.74, 6) is 0. The van der Waals surface area contributed by atoms with E-state index < -0.39 is 6.04 Å². The summed E-state index contributed by atoms with van der Waals surface area (Å²) >= 11 is 0. The number of benzene rings is 1. The number of carbonyl (C=O) groups is 2. The van der Waals surface area contributed by atoms with Crippen molar-refractivity contribution in [3.8, 4) is 0 Å². The van der Waals surface area contributed by atoms with E-state index in [0.29, 0.717) is 0 Å². The molecular weight excluding hydrogens is 216 g/mol. The van der Waals surface area contributed by atoms with E-state index in [1.807, 2.05) is 30.3 Å². The van der Waals surface area contributed by atoms with Crippen molar-refractivity contribution in [2.45, 2.75) is 18.9 Å². The fourth-order valence-electron chi connectivity index (χ4n) is 2.00. The molecule has 2 rings (SSSR count). The van der Waals surface area contributed by atoms with Gasteiger partial charge < -0.3 is 15.0 Å². The minimum Gasteiger partial charge on any atom is -0.325 e. The molecule has 0 radical (unpaired) electrons. The van der Waals surface area contributed by atoms with Crippen molar-refractivity contribution in [1.29, 1.82) is 0 Å². The van der Waals surface area contributed by atoms with Crippen molar-refractivity contribution in [3.05, 3.63) is 35.9 Å². The number of rotatable bonds is 3. The van der Waals surface area contributed by atoms with Gasteiger partial charge in [0.05, 0.1) is 0 Å². The van der Waals surface area contributed by atoms with Crippen molar-refractivity contribution >= 4 is 12.3 Å². The zero-order valence-electron chi connectivity index (χ0n) is 9.63. The highest BCUT2D eigenvalue weighted by molar-refractivity contribution is 5.79. The Labute approximate surface area is 101 Å². The van der Waals surface area contributed by atoms with Gasteiger partial charge in [-0.3, -0.25) is 0 Å². The van der Waals surface area contributed by atoms with Crippen LogP contribution in [0.4, 0.5) is 4.79 Å². The van der Waals surface area contributed by atoms with E-state index in [0.717, 1.165) is 37.8 Å². The average Bonchev–Trinajstić information content (AvgIpc) is 2.90. The average molecular weight is 232 g/mol. The van der Waals surface area contributed by atoms with Gasteiger partial charge in [0.25, 0.3) is 0 Å². The van der Waals surface area contributed by atoms with Gasteiger partial charge in [0.2, 0.25) is 0 Å². The van der Waals surface area contributed by atoms with Crippen LogP contribution in [0.5, 0.6) is 0 Å². The first kappa shape index (κ1) is 11.6. The molecule has 2 amide bonds. The molecular formula is C13H16N2O2. The molecule has 1 aromatic carbocycles. The third-order valence-corrected chi connectivity index (χ3v) is 2.97. The van der Waals surface area contributed by atoms with Crippen LogP contribution in [0.3, 0.4) is 0 Å². The molecule has 17 heavy (non-hydrogen) atoms. The van der Waals surface area contributed by atoms with Crippen LogP contribution >= 0.6 is 0 Å². The monoisotopic (exact) mass is 232 g/mol. The van der Waals surface area contributed by atoms with Crippen LogP contribution in [0.2, 0.25) is 0 Å². The normalized spacial score (nSPS) is 16.6. The topological polar surface area (TPSA) is 49.4 Å². The number of urea groups is 1. The zero-order valence-corrected chi connectivity index (χ0v) is 9.63. The second kappa shape index (κ2) is 5.48. The molecule has 0 unspecified atom stereocenters. The van der Waals surface area contributed by atoms with E-state index in [1.165, 1.54) is 0 Å². The summed E-state index contributed by atoms with van der Waals surface area (Å²) in [6.45, 7) is 1.57. The SMILES string of the molecule is O=C[C@H](NC(=O)N1CCCC1)c1ccccc1. The molecule has 0 aliphatic carbocycles. The van der Waals surface area contributed by atoms with E-state index in [4.69, 9.17) is 0 Å². The number of carbonyl (C=O) groups excluding carboxylic acids is 2. The Bertz CT molecular complexity index is 386. The van der Waals surface area contributed by atoms with Crippen LogP contribution in [0.25, 0.3) is 0 Å². The molecule has 1 aliphatic rings. The highest BCUT2D eigenvalue weighted by Crippen LogP contribution is 2.12.